The minimum atomic E-state index is -0.833. The van der Waals surface area contributed by atoms with Crippen LogP contribution in [0.15, 0.2) is 0 Å². The molecule has 1 saturated heterocycles. The molecule has 0 saturated carbocycles. The van der Waals surface area contributed by atoms with Crippen LogP contribution >= 0.6 is 0 Å². The Morgan fingerprint density at radius 2 is 1.83 bits per heavy atom. The van der Waals surface area contributed by atoms with E-state index in [2.05, 4.69) is 18.7 Å². The molecule has 0 aromatic rings. The van der Waals surface area contributed by atoms with Gasteiger partial charge in [0.1, 0.15) is 0 Å². The lowest BCUT2D eigenvalue weighted by Crippen LogP contribution is -2.30. The first-order valence-corrected chi connectivity index (χ1v) is 7.55. The summed E-state index contributed by atoms with van der Waals surface area (Å²) in [5, 5.41) is 7.42. The number of carbonyl (C=O) groups is 1. The predicted molar refractivity (Wildman–Crippen MR) is 77.0 cm³/mol. The maximum atomic E-state index is 9.00. The van der Waals surface area contributed by atoms with E-state index in [1.165, 1.54) is 64.5 Å². The molecule has 3 heteroatoms. The molecule has 3 nitrogen and oxygen atoms in total. The van der Waals surface area contributed by atoms with Crippen molar-refractivity contribution >= 4 is 5.97 Å². The van der Waals surface area contributed by atoms with Gasteiger partial charge in [-0.25, -0.2) is 0 Å². The van der Waals surface area contributed by atoms with Gasteiger partial charge in [-0.1, -0.05) is 39.5 Å². The molecule has 1 unspecified atom stereocenters. The summed E-state index contributed by atoms with van der Waals surface area (Å²) in [6.45, 7) is 8.41. The van der Waals surface area contributed by atoms with Crippen LogP contribution in [-0.2, 0) is 4.79 Å². The molecular formula is C15H31NO2. The highest BCUT2D eigenvalue weighted by molar-refractivity contribution is 5.62. The van der Waals surface area contributed by atoms with Crippen LogP contribution in [-0.4, -0.2) is 35.1 Å². The standard InChI is InChI=1S/C13H27N.C2H4O2/c1-3-5-7-11-14-12-8-10-13(14)9-6-4-2;1-2(3)4/h13H,3-12H2,1-2H3;1H3,(H,3,4). The average Bonchev–Trinajstić information content (AvgIpc) is 2.74. The van der Waals surface area contributed by atoms with E-state index < -0.39 is 5.97 Å². The van der Waals surface area contributed by atoms with Crippen LogP contribution in [0.1, 0.15) is 72.1 Å². The Morgan fingerprint density at radius 1 is 1.22 bits per heavy atom. The monoisotopic (exact) mass is 257 g/mol. The lowest BCUT2D eigenvalue weighted by atomic mass is 10.1. The van der Waals surface area contributed by atoms with Gasteiger partial charge >= 0.3 is 0 Å². The minimum Gasteiger partial charge on any atom is -0.481 e. The third-order valence-corrected chi connectivity index (χ3v) is 3.44. The van der Waals surface area contributed by atoms with E-state index in [9.17, 15) is 0 Å². The Kier molecular flexibility index (Phi) is 11.2. The van der Waals surface area contributed by atoms with Crippen LogP contribution in [0.2, 0.25) is 0 Å². The van der Waals surface area contributed by atoms with Gasteiger partial charge in [0.2, 0.25) is 0 Å². The summed E-state index contributed by atoms with van der Waals surface area (Å²) in [6, 6.07) is 0.937. The molecule has 1 heterocycles. The Bertz CT molecular complexity index is 203. The lowest BCUT2D eigenvalue weighted by molar-refractivity contribution is -0.134. The van der Waals surface area contributed by atoms with Crippen molar-refractivity contribution in [1.29, 1.82) is 0 Å². The molecule has 1 rings (SSSR count). The first-order valence-electron chi connectivity index (χ1n) is 7.55. The number of rotatable bonds is 7. The Balaban J connectivity index is 0.000000631. The summed E-state index contributed by atoms with van der Waals surface area (Å²) < 4.78 is 0. The molecular weight excluding hydrogens is 226 g/mol. The number of hydrogen-bond donors (Lipinski definition) is 1. The molecule has 0 aliphatic carbocycles. The van der Waals surface area contributed by atoms with Crippen molar-refractivity contribution in [2.24, 2.45) is 0 Å². The zero-order valence-electron chi connectivity index (χ0n) is 12.5. The van der Waals surface area contributed by atoms with Gasteiger partial charge in [0.15, 0.2) is 0 Å². The third kappa shape index (κ3) is 9.46. The number of carboxylic acid groups (broad SMARTS) is 1. The van der Waals surface area contributed by atoms with Gasteiger partial charge in [-0.15, -0.1) is 0 Å². The number of aliphatic carboxylic acids is 1. The first kappa shape index (κ1) is 17.4. The molecule has 1 fully saturated rings. The highest BCUT2D eigenvalue weighted by Gasteiger charge is 2.22. The Morgan fingerprint density at radius 3 is 2.39 bits per heavy atom. The molecule has 0 aromatic heterocycles. The zero-order chi connectivity index (χ0) is 13.8. The number of unbranched alkanes of at least 4 members (excludes halogenated alkanes) is 3. The van der Waals surface area contributed by atoms with E-state index in [1.54, 1.807) is 0 Å². The zero-order valence-corrected chi connectivity index (χ0v) is 12.5. The average molecular weight is 257 g/mol. The SMILES string of the molecule is CC(=O)O.CCCCCN1CCCC1CCCC. The van der Waals surface area contributed by atoms with Crippen LogP contribution in [0.25, 0.3) is 0 Å². The van der Waals surface area contributed by atoms with Crippen molar-refractivity contribution in [2.75, 3.05) is 13.1 Å². The summed E-state index contributed by atoms with van der Waals surface area (Å²) in [7, 11) is 0. The largest absolute Gasteiger partial charge is 0.481 e. The van der Waals surface area contributed by atoms with E-state index >= 15 is 0 Å². The first-order chi connectivity index (χ1) is 8.61. The minimum absolute atomic E-state index is 0.833. The second kappa shape index (κ2) is 11.5. The molecule has 0 bridgehead atoms. The molecule has 1 aliphatic heterocycles. The van der Waals surface area contributed by atoms with Crippen molar-refractivity contribution in [1.82, 2.24) is 4.90 Å². The van der Waals surface area contributed by atoms with Crippen LogP contribution in [0.3, 0.4) is 0 Å². The number of carboxylic acids is 1. The van der Waals surface area contributed by atoms with Crippen molar-refractivity contribution in [3.63, 3.8) is 0 Å². The molecule has 108 valence electrons. The highest BCUT2D eigenvalue weighted by atomic mass is 16.4. The maximum absolute atomic E-state index is 9.00. The fourth-order valence-corrected chi connectivity index (χ4v) is 2.52. The van der Waals surface area contributed by atoms with Crippen LogP contribution in [0.5, 0.6) is 0 Å². The summed E-state index contributed by atoms with van der Waals surface area (Å²) in [4.78, 5) is 11.7. The summed E-state index contributed by atoms with van der Waals surface area (Å²) >= 11 is 0. The Labute approximate surface area is 113 Å². The molecule has 1 aliphatic rings. The van der Waals surface area contributed by atoms with Crippen molar-refractivity contribution in [3.8, 4) is 0 Å². The molecule has 0 amide bonds. The molecule has 0 aromatic carbocycles. The van der Waals surface area contributed by atoms with Gasteiger partial charge in [0.05, 0.1) is 0 Å². The third-order valence-electron chi connectivity index (χ3n) is 3.44. The second-order valence-electron chi connectivity index (χ2n) is 5.20. The van der Waals surface area contributed by atoms with Crippen molar-refractivity contribution in [3.05, 3.63) is 0 Å². The summed E-state index contributed by atoms with van der Waals surface area (Å²) in [5.41, 5.74) is 0. The van der Waals surface area contributed by atoms with Gasteiger partial charge in [-0.05, 0) is 38.8 Å². The quantitative estimate of drug-likeness (QED) is 0.703. The maximum Gasteiger partial charge on any atom is 0.300 e. The van der Waals surface area contributed by atoms with Gasteiger partial charge in [0.25, 0.3) is 5.97 Å². The van der Waals surface area contributed by atoms with Crippen LogP contribution in [0, 0.1) is 0 Å². The Hall–Kier alpha value is -0.570. The number of likely N-dealkylation sites (tertiary alicyclic amines) is 1. The van der Waals surface area contributed by atoms with Crippen LogP contribution < -0.4 is 0 Å². The van der Waals surface area contributed by atoms with E-state index in [4.69, 9.17) is 9.90 Å². The van der Waals surface area contributed by atoms with Crippen LogP contribution in [0.4, 0.5) is 0 Å². The lowest BCUT2D eigenvalue weighted by Gasteiger charge is -2.24. The molecule has 18 heavy (non-hydrogen) atoms. The predicted octanol–water partition coefficient (Wildman–Crippen LogP) is 3.92. The van der Waals surface area contributed by atoms with Gasteiger partial charge < -0.3 is 10.0 Å². The number of hydrogen-bond acceptors (Lipinski definition) is 2. The highest BCUT2D eigenvalue weighted by Crippen LogP contribution is 2.22. The van der Waals surface area contributed by atoms with E-state index in [0.29, 0.717) is 0 Å². The van der Waals surface area contributed by atoms with E-state index in [-0.39, 0.29) is 0 Å². The van der Waals surface area contributed by atoms with Crippen molar-refractivity contribution in [2.45, 2.75) is 78.2 Å². The fourth-order valence-electron chi connectivity index (χ4n) is 2.52. The normalized spacial score (nSPS) is 19.4. The second-order valence-corrected chi connectivity index (χ2v) is 5.20. The smallest absolute Gasteiger partial charge is 0.300 e. The van der Waals surface area contributed by atoms with Gasteiger partial charge in [-0.3, -0.25) is 4.79 Å². The van der Waals surface area contributed by atoms with Crippen molar-refractivity contribution < 1.29 is 9.90 Å². The molecule has 1 N–H and O–H groups in total. The molecule has 1 atom stereocenters. The summed E-state index contributed by atoms with van der Waals surface area (Å²) in [5.74, 6) is -0.833. The summed E-state index contributed by atoms with van der Waals surface area (Å²) in [6.07, 6.45) is 11.3. The topological polar surface area (TPSA) is 40.5 Å². The van der Waals surface area contributed by atoms with Gasteiger partial charge in [-0.2, -0.15) is 0 Å². The number of nitrogens with zero attached hydrogens (tertiary/aromatic N) is 1. The fraction of sp³-hybridized carbons (Fsp3) is 0.933. The molecule has 0 radical (unpaired) electrons. The van der Waals surface area contributed by atoms with E-state index in [0.717, 1.165) is 13.0 Å². The van der Waals surface area contributed by atoms with Gasteiger partial charge in [0, 0.05) is 13.0 Å². The molecule has 0 spiro atoms. The van der Waals surface area contributed by atoms with E-state index in [1.807, 2.05) is 0 Å².